The molecule has 5 heteroatoms. The van der Waals surface area contributed by atoms with E-state index in [0.29, 0.717) is 0 Å². The van der Waals surface area contributed by atoms with Gasteiger partial charge in [-0.05, 0) is 40.5 Å². The summed E-state index contributed by atoms with van der Waals surface area (Å²) in [6.07, 6.45) is 0. The predicted octanol–water partition coefficient (Wildman–Crippen LogP) is 8.46. The zero-order valence-corrected chi connectivity index (χ0v) is 24.6. The van der Waals surface area contributed by atoms with Gasteiger partial charge in [0.05, 0.1) is 0 Å². The number of rotatable bonds is 2. The van der Waals surface area contributed by atoms with Gasteiger partial charge >= 0.3 is 35.6 Å². The molecule has 0 aliphatic carbocycles. The number of aryl methyl sites for hydroxylation is 4. The molecule has 0 spiro atoms. The molecule has 0 atom stereocenters. The van der Waals surface area contributed by atoms with E-state index < -0.39 is 17.0 Å². The Hall–Kier alpha value is -0.186. The summed E-state index contributed by atoms with van der Waals surface area (Å²) in [5, 5.41) is 8.81. The summed E-state index contributed by atoms with van der Waals surface area (Å²) in [5.74, 6) is 0. The van der Waals surface area contributed by atoms with Gasteiger partial charge < -0.3 is 0 Å². The van der Waals surface area contributed by atoms with Crippen molar-refractivity contribution in [2.75, 3.05) is 26.7 Å². The molecule has 0 aromatic heterocycles. The van der Waals surface area contributed by atoms with Gasteiger partial charge in [0.25, 0.3) is 0 Å². The van der Waals surface area contributed by atoms with Crippen LogP contribution in [-0.2, 0) is 17.0 Å². The first-order chi connectivity index (χ1) is 14.6. The average molecular weight is 525 g/mol. The molecule has 0 heterocycles. The minimum absolute atomic E-state index is 0.0328. The first-order valence-corrected chi connectivity index (χ1v) is 19.0. The van der Waals surface area contributed by atoms with Crippen LogP contribution in [0.1, 0.15) is 22.3 Å². The summed E-state index contributed by atoms with van der Waals surface area (Å²) in [6, 6.07) is 18.3. The van der Waals surface area contributed by atoms with Gasteiger partial charge in [-0.1, -0.05) is 37.1 Å². The van der Waals surface area contributed by atoms with E-state index in [0.717, 1.165) is 0 Å². The Labute approximate surface area is 207 Å². The fourth-order valence-electron chi connectivity index (χ4n) is 3.67. The molecule has 0 N–H and O–H groups in total. The Morgan fingerprint density at radius 3 is 1.16 bits per heavy atom. The second-order valence-corrected chi connectivity index (χ2v) is 15.5. The van der Waals surface area contributed by atoms with Crippen LogP contribution >= 0.6 is 34.5 Å². The Bertz CT molecular complexity index is 971. The van der Waals surface area contributed by atoms with Crippen LogP contribution in [0.25, 0.3) is 21.5 Å². The van der Waals surface area contributed by atoms with Crippen molar-refractivity contribution in [2.45, 2.75) is 27.7 Å². The molecule has 4 aromatic rings. The van der Waals surface area contributed by atoms with Crippen molar-refractivity contribution in [2.24, 2.45) is 0 Å². The Kier molecular flexibility index (Phi) is 10.8. The van der Waals surface area contributed by atoms with E-state index in [4.69, 9.17) is 18.6 Å². The van der Waals surface area contributed by atoms with E-state index in [1.165, 1.54) is 54.4 Å². The molecular formula is C26H32Cl2P2Ti-2. The summed E-state index contributed by atoms with van der Waals surface area (Å²) >= 11 is -0.556. The van der Waals surface area contributed by atoms with Crippen molar-refractivity contribution >= 4 is 66.6 Å². The Morgan fingerprint density at radius 1 is 0.613 bits per heavy atom. The molecule has 0 bridgehead atoms. The van der Waals surface area contributed by atoms with Gasteiger partial charge in [-0.2, -0.15) is 12.1 Å². The third kappa shape index (κ3) is 6.90. The van der Waals surface area contributed by atoms with Crippen LogP contribution in [-0.4, -0.2) is 26.7 Å². The van der Waals surface area contributed by atoms with Crippen LogP contribution in [0.5, 0.6) is 0 Å². The monoisotopic (exact) mass is 524 g/mol. The van der Waals surface area contributed by atoms with Crippen molar-refractivity contribution in [3.63, 3.8) is 0 Å². The molecule has 0 radical (unpaired) electrons. The van der Waals surface area contributed by atoms with Gasteiger partial charge in [0.1, 0.15) is 0 Å². The maximum absolute atomic E-state index is 4.89. The number of fused-ring (bicyclic) bond motifs is 2. The van der Waals surface area contributed by atoms with E-state index in [2.05, 4.69) is 103 Å². The summed E-state index contributed by atoms with van der Waals surface area (Å²) in [4.78, 5) is 0. The van der Waals surface area contributed by atoms with Crippen molar-refractivity contribution < 1.29 is 17.0 Å². The molecule has 0 unspecified atom stereocenters. The van der Waals surface area contributed by atoms with Gasteiger partial charge in [-0.15, -0.1) is 83.4 Å². The van der Waals surface area contributed by atoms with Crippen LogP contribution in [0.3, 0.4) is 0 Å². The number of hydrogen-bond donors (Lipinski definition) is 0. The van der Waals surface area contributed by atoms with Crippen molar-refractivity contribution in [1.82, 2.24) is 0 Å². The second kappa shape index (κ2) is 12.3. The molecule has 0 aliphatic rings. The van der Waals surface area contributed by atoms with E-state index in [-0.39, 0.29) is 15.8 Å². The van der Waals surface area contributed by atoms with Gasteiger partial charge in [0.15, 0.2) is 0 Å². The summed E-state index contributed by atoms with van der Waals surface area (Å²) < 4.78 is 0. The molecule has 166 valence electrons. The molecule has 4 aromatic carbocycles. The fraction of sp³-hybridized carbons (Fsp3) is 0.308. The van der Waals surface area contributed by atoms with Crippen LogP contribution < -0.4 is 10.6 Å². The molecule has 0 fully saturated rings. The van der Waals surface area contributed by atoms with E-state index >= 15 is 0 Å². The molecule has 0 amide bonds. The number of benzene rings is 2. The molecule has 0 aliphatic heterocycles. The molecule has 0 saturated carbocycles. The van der Waals surface area contributed by atoms with Crippen LogP contribution in [0.15, 0.2) is 48.5 Å². The predicted molar refractivity (Wildman–Crippen MR) is 147 cm³/mol. The quantitative estimate of drug-likeness (QED) is 0.140. The zero-order valence-electron chi connectivity index (χ0n) is 19.8. The molecule has 0 saturated heterocycles. The maximum atomic E-state index is 4.89. The first-order valence-electron chi connectivity index (χ1n) is 10.2. The molecule has 0 nitrogen and oxygen atoms in total. The van der Waals surface area contributed by atoms with E-state index in [1.54, 1.807) is 0 Å². The first kappa shape index (κ1) is 27.1. The average Bonchev–Trinajstić information content (AvgIpc) is 3.35. The molecule has 4 rings (SSSR count). The summed E-state index contributed by atoms with van der Waals surface area (Å²) in [7, 11) is 9.84. The summed E-state index contributed by atoms with van der Waals surface area (Å²) in [5.41, 5.74) is 5.59. The normalized spacial score (nSPS) is 10.8. The van der Waals surface area contributed by atoms with E-state index in [1.807, 2.05) is 0 Å². The van der Waals surface area contributed by atoms with Gasteiger partial charge in [0, 0.05) is 0 Å². The van der Waals surface area contributed by atoms with Crippen LogP contribution in [0, 0.1) is 27.7 Å². The SMILES string of the molecule is Cc1ccc(C)c2[cH-]c(P(C)C)cc12.Cc1ccc(C)c2[cH-]c(P(C)C)cc12.[Cl][Ti][Cl]. The van der Waals surface area contributed by atoms with E-state index in [9.17, 15) is 0 Å². The number of hydrogen-bond acceptors (Lipinski definition) is 0. The minimum atomic E-state index is -0.556. The van der Waals surface area contributed by atoms with Crippen LogP contribution in [0.2, 0.25) is 0 Å². The number of halogens is 2. The summed E-state index contributed by atoms with van der Waals surface area (Å²) in [6.45, 7) is 18.0. The van der Waals surface area contributed by atoms with Gasteiger partial charge in [0.2, 0.25) is 0 Å². The van der Waals surface area contributed by atoms with Crippen molar-refractivity contribution in [3.8, 4) is 0 Å². The van der Waals surface area contributed by atoms with Crippen molar-refractivity contribution in [3.05, 3.63) is 70.8 Å². The third-order valence-electron chi connectivity index (χ3n) is 5.65. The standard InChI is InChI=1S/2C13H16P.2ClH.Ti/c2*1-9-5-6-10(2)13-8-11(14(3)4)7-12(9)13;;;/h2*5-8H,1-4H3;2*1H;/q2*-1;;;+2/p-2. The second-order valence-electron chi connectivity index (χ2n) is 8.34. The van der Waals surface area contributed by atoms with Crippen LogP contribution in [0.4, 0.5) is 0 Å². The molecular weight excluding hydrogens is 493 g/mol. The third-order valence-corrected chi connectivity index (χ3v) is 8.23. The molecule has 31 heavy (non-hydrogen) atoms. The fourth-order valence-corrected chi connectivity index (χ4v) is 5.22. The topological polar surface area (TPSA) is 0 Å². The Morgan fingerprint density at radius 2 is 0.903 bits per heavy atom. The van der Waals surface area contributed by atoms with Crippen molar-refractivity contribution in [1.29, 1.82) is 0 Å². The van der Waals surface area contributed by atoms with Gasteiger partial charge in [-0.3, -0.25) is 0 Å². The Balaban J connectivity index is 0.000000196. The zero-order chi connectivity index (χ0) is 23.3. The van der Waals surface area contributed by atoms with Gasteiger partial charge in [-0.25, -0.2) is 0 Å².